The van der Waals surface area contributed by atoms with Gasteiger partial charge in [0.15, 0.2) is 11.1 Å². The Labute approximate surface area is 74.6 Å². The van der Waals surface area contributed by atoms with Gasteiger partial charge in [-0.2, -0.15) is 0 Å². The summed E-state index contributed by atoms with van der Waals surface area (Å²) in [6, 6.07) is 0. The van der Waals surface area contributed by atoms with Crippen LogP contribution < -0.4 is 29.6 Å². The smallest absolute Gasteiger partial charge is 0.306 e. The largest absolute Gasteiger partial charge is 1.00 e. The van der Waals surface area contributed by atoms with E-state index in [9.17, 15) is 4.21 Å². The molecule has 1 N–H and O–H groups in total. The van der Waals surface area contributed by atoms with Crippen LogP contribution >= 0.6 is 0 Å². The molecule has 2 nitrogen and oxygen atoms in total. The van der Waals surface area contributed by atoms with Crippen molar-refractivity contribution in [1.82, 2.24) is 0 Å². The Morgan fingerprint density at radius 2 is 2.00 bits per heavy atom. The number of hydrogen-bond donors (Lipinski definition) is 1. The summed E-state index contributed by atoms with van der Waals surface area (Å²) in [4.78, 5) is 0. The summed E-state index contributed by atoms with van der Waals surface area (Å²) in [5, 5.41) is 0. The Bertz CT molecular complexity index is 74.4. The summed E-state index contributed by atoms with van der Waals surface area (Å²) in [5.74, 6) is 0.714. The van der Waals surface area contributed by atoms with Crippen molar-refractivity contribution >= 4 is 11.1 Å². The molecule has 0 bridgehead atoms. The molecule has 0 rings (SSSR count). The van der Waals surface area contributed by atoms with Crippen molar-refractivity contribution in [3.8, 4) is 0 Å². The van der Waals surface area contributed by atoms with E-state index in [1.54, 1.807) is 0 Å². The van der Waals surface area contributed by atoms with E-state index in [1.165, 1.54) is 0 Å². The molecule has 1 atom stereocenters. The van der Waals surface area contributed by atoms with E-state index in [-0.39, 0.29) is 29.6 Å². The minimum absolute atomic E-state index is 0. The molecule has 0 fully saturated rings. The summed E-state index contributed by atoms with van der Waals surface area (Å²) >= 11 is -1.60. The Morgan fingerprint density at radius 1 is 1.62 bits per heavy atom. The Balaban J connectivity index is 0. The van der Waals surface area contributed by atoms with Crippen LogP contribution in [0.2, 0.25) is 0 Å². The topological polar surface area (TPSA) is 37.3 Å². The maximum absolute atomic E-state index is 9.92. The van der Waals surface area contributed by atoms with Crippen LogP contribution in [0.1, 0.15) is 13.8 Å². The zero-order valence-corrected chi connectivity index (χ0v) is 8.36. The van der Waals surface area contributed by atoms with Gasteiger partial charge in [-0.3, -0.25) is 0 Å². The van der Waals surface area contributed by atoms with Crippen LogP contribution in [0.25, 0.3) is 0 Å². The molecular weight excluding hydrogens is 135 g/mol. The minimum Gasteiger partial charge on any atom is -0.306 e. The van der Waals surface area contributed by atoms with Crippen LogP contribution in [0.3, 0.4) is 0 Å². The Hall–Kier alpha value is 1.11. The normalized spacial score (nSPS) is 13.0. The van der Waals surface area contributed by atoms with Gasteiger partial charge in [0.2, 0.25) is 0 Å². The molecule has 0 saturated carbocycles. The fourth-order valence-corrected chi connectivity index (χ4v) is 0.855. The van der Waals surface area contributed by atoms with Crippen LogP contribution in [-0.2, 0) is 11.1 Å². The molecule has 0 aromatic heterocycles. The van der Waals surface area contributed by atoms with Gasteiger partial charge in [-0.25, -0.2) is 4.21 Å². The van der Waals surface area contributed by atoms with Gasteiger partial charge in [-0.15, -0.1) is 0 Å². The van der Waals surface area contributed by atoms with Crippen molar-refractivity contribution < 1.29 is 38.3 Å². The third-order valence-corrected chi connectivity index (χ3v) is 1.43. The molecule has 0 aliphatic carbocycles. The van der Waals surface area contributed by atoms with E-state index < -0.39 is 11.1 Å². The standard InChI is InChI=1S/C4H10O2S.Na/c1-4(2)3-7(5)6;/h4H,3H2,1-2H3,(H,5,6);/q;+1. The fourth-order valence-electron chi connectivity index (χ4n) is 0.285. The molecular formula is C4H10NaO2S+. The average molecular weight is 145 g/mol. The van der Waals surface area contributed by atoms with Crippen molar-refractivity contribution in [3.05, 3.63) is 0 Å². The van der Waals surface area contributed by atoms with Gasteiger partial charge in [0.1, 0.15) is 0 Å². The van der Waals surface area contributed by atoms with Crippen molar-refractivity contribution in [2.75, 3.05) is 5.75 Å². The van der Waals surface area contributed by atoms with Gasteiger partial charge < -0.3 is 4.55 Å². The molecule has 0 aromatic carbocycles. The minimum atomic E-state index is -1.60. The molecule has 0 amide bonds. The monoisotopic (exact) mass is 145 g/mol. The molecule has 0 aliphatic heterocycles. The quantitative estimate of drug-likeness (QED) is 0.356. The van der Waals surface area contributed by atoms with Crippen molar-refractivity contribution in [1.29, 1.82) is 0 Å². The third kappa shape index (κ3) is 10.2. The van der Waals surface area contributed by atoms with E-state index in [0.29, 0.717) is 11.7 Å². The maximum atomic E-state index is 9.92. The van der Waals surface area contributed by atoms with E-state index in [4.69, 9.17) is 4.55 Å². The molecule has 0 saturated heterocycles. The van der Waals surface area contributed by atoms with Gasteiger partial charge in [0.05, 0.1) is 5.75 Å². The molecule has 1 unspecified atom stereocenters. The van der Waals surface area contributed by atoms with Gasteiger partial charge in [-0.05, 0) is 5.92 Å². The maximum Gasteiger partial charge on any atom is 1.00 e. The first-order valence-electron chi connectivity index (χ1n) is 2.20. The van der Waals surface area contributed by atoms with E-state index in [1.807, 2.05) is 13.8 Å². The number of hydrogen-bond acceptors (Lipinski definition) is 1. The second-order valence-electron chi connectivity index (χ2n) is 1.88. The zero-order valence-electron chi connectivity index (χ0n) is 5.55. The molecule has 8 heavy (non-hydrogen) atoms. The molecule has 0 heterocycles. The SMILES string of the molecule is CC(C)CS(=O)O.[Na+]. The molecule has 0 aliphatic rings. The van der Waals surface area contributed by atoms with Crippen LogP contribution in [-0.4, -0.2) is 14.5 Å². The van der Waals surface area contributed by atoms with E-state index >= 15 is 0 Å². The molecule has 0 radical (unpaired) electrons. The first-order valence-corrected chi connectivity index (χ1v) is 3.48. The van der Waals surface area contributed by atoms with Crippen molar-refractivity contribution in [3.63, 3.8) is 0 Å². The second-order valence-corrected chi connectivity index (χ2v) is 2.86. The number of rotatable bonds is 2. The van der Waals surface area contributed by atoms with Gasteiger partial charge in [0.25, 0.3) is 0 Å². The summed E-state index contributed by atoms with van der Waals surface area (Å²) in [5.41, 5.74) is 0. The molecule has 0 spiro atoms. The molecule has 0 aromatic rings. The van der Waals surface area contributed by atoms with Gasteiger partial charge in [0, 0.05) is 0 Å². The predicted molar refractivity (Wildman–Crippen MR) is 30.5 cm³/mol. The Kier molecular flexibility index (Phi) is 9.24. The van der Waals surface area contributed by atoms with Crippen LogP contribution in [0, 0.1) is 5.92 Å². The van der Waals surface area contributed by atoms with Gasteiger partial charge in [-0.1, -0.05) is 13.8 Å². The fraction of sp³-hybridized carbons (Fsp3) is 1.00. The van der Waals surface area contributed by atoms with Crippen molar-refractivity contribution in [2.45, 2.75) is 13.8 Å². The van der Waals surface area contributed by atoms with Crippen LogP contribution in [0.4, 0.5) is 0 Å². The summed E-state index contributed by atoms with van der Waals surface area (Å²) in [6.07, 6.45) is 0. The van der Waals surface area contributed by atoms with Gasteiger partial charge >= 0.3 is 29.6 Å². The summed E-state index contributed by atoms with van der Waals surface area (Å²) in [6.45, 7) is 3.82. The first-order chi connectivity index (χ1) is 3.13. The summed E-state index contributed by atoms with van der Waals surface area (Å²) in [7, 11) is 0. The average Bonchev–Trinajstić information content (AvgIpc) is 1.27. The zero-order chi connectivity index (χ0) is 5.86. The Morgan fingerprint density at radius 3 is 2.00 bits per heavy atom. The first kappa shape index (κ1) is 11.9. The van der Waals surface area contributed by atoms with E-state index in [2.05, 4.69) is 0 Å². The van der Waals surface area contributed by atoms with Crippen molar-refractivity contribution in [2.24, 2.45) is 5.92 Å². The van der Waals surface area contributed by atoms with Crippen LogP contribution in [0.5, 0.6) is 0 Å². The third-order valence-electron chi connectivity index (χ3n) is 0.476. The molecule has 4 heteroatoms. The summed E-state index contributed by atoms with van der Waals surface area (Å²) < 4.78 is 18.1. The van der Waals surface area contributed by atoms with E-state index in [0.717, 1.165) is 0 Å². The second kappa shape index (κ2) is 6.23. The molecule has 44 valence electrons. The predicted octanol–water partition coefficient (Wildman–Crippen LogP) is -2.13. The van der Waals surface area contributed by atoms with Crippen LogP contribution in [0.15, 0.2) is 0 Å².